The quantitative estimate of drug-likeness (QED) is 0.422. The molecule has 1 aromatic carbocycles. The highest BCUT2D eigenvalue weighted by molar-refractivity contribution is 7.89. The highest BCUT2D eigenvalue weighted by Crippen LogP contribution is 2.34. The number of nitrogens with zero attached hydrogens (tertiary/aromatic N) is 3. The molecule has 2 aromatic rings. The van der Waals surface area contributed by atoms with Gasteiger partial charge in [-0.15, -0.1) is 5.10 Å². The number of hydrogen-bond acceptors (Lipinski definition) is 6. The summed E-state index contributed by atoms with van der Waals surface area (Å²) in [5.74, 6) is -0.733. The Kier molecular flexibility index (Phi) is 8.48. The van der Waals surface area contributed by atoms with Crippen molar-refractivity contribution < 1.29 is 23.1 Å². The van der Waals surface area contributed by atoms with Crippen LogP contribution in [0.4, 0.5) is 0 Å². The van der Waals surface area contributed by atoms with Crippen LogP contribution in [-0.4, -0.2) is 51.7 Å². The van der Waals surface area contributed by atoms with Gasteiger partial charge in [-0.1, -0.05) is 40.0 Å². The standard InChI is InChI=1S/C29H43N5O5S/c1-28(2,3)22-16-19(12-13-23(22)40(38,39)33-29(4,5)6)25-31-24(26(35)30-21-14-20(15-21)27(36)37)32-34(25)17-18-10-8-7-9-11-18/h12-13,16,18,20-21,33H,7-11,14-15,17H2,1-6H3,(H,30,35)(H,36,37)/t20-,21-. The zero-order valence-electron chi connectivity index (χ0n) is 24.5. The van der Waals surface area contributed by atoms with Gasteiger partial charge in [-0.2, -0.15) is 0 Å². The summed E-state index contributed by atoms with van der Waals surface area (Å²) in [6.07, 6.45) is 6.51. The number of aromatic nitrogens is 3. The van der Waals surface area contributed by atoms with Gasteiger partial charge >= 0.3 is 5.97 Å². The summed E-state index contributed by atoms with van der Waals surface area (Å²) in [6.45, 7) is 11.9. The van der Waals surface area contributed by atoms with Gasteiger partial charge in [0.15, 0.2) is 5.82 Å². The number of carbonyl (C=O) groups is 2. The Morgan fingerprint density at radius 3 is 2.27 bits per heavy atom. The molecule has 4 rings (SSSR count). The lowest BCUT2D eigenvalue weighted by Crippen LogP contribution is -2.47. The molecule has 0 spiro atoms. The van der Waals surface area contributed by atoms with Crippen molar-refractivity contribution >= 4 is 21.9 Å². The highest BCUT2D eigenvalue weighted by Gasteiger charge is 2.36. The molecule has 0 saturated heterocycles. The monoisotopic (exact) mass is 573 g/mol. The molecule has 1 amide bonds. The summed E-state index contributed by atoms with van der Waals surface area (Å²) in [5, 5.41) is 16.6. The third-order valence-corrected chi connectivity index (χ3v) is 9.45. The summed E-state index contributed by atoms with van der Waals surface area (Å²) >= 11 is 0. The van der Waals surface area contributed by atoms with Gasteiger partial charge < -0.3 is 10.4 Å². The first-order valence-electron chi connectivity index (χ1n) is 14.2. The zero-order valence-corrected chi connectivity index (χ0v) is 25.3. The van der Waals surface area contributed by atoms with Crippen molar-refractivity contribution in [2.75, 3.05) is 0 Å². The molecule has 0 atom stereocenters. The summed E-state index contributed by atoms with van der Waals surface area (Å²) in [7, 11) is -3.79. The smallest absolute Gasteiger partial charge is 0.306 e. The van der Waals surface area contributed by atoms with Gasteiger partial charge in [0.1, 0.15) is 0 Å². The predicted molar refractivity (Wildman–Crippen MR) is 152 cm³/mol. The van der Waals surface area contributed by atoms with Gasteiger partial charge in [0.05, 0.1) is 10.8 Å². The Bertz CT molecular complexity index is 1360. The van der Waals surface area contributed by atoms with E-state index >= 15 is 0 Å². The minimum Gasteiger partial charge on any atom is -0.481 e. The first-order chi connectivity index (χ1) is 18.5. The van der Waals surface area contributed by atoms with E-state index in [-0.39, 0.29) is 16.8 Å². The Morgan fingerprint density at radius 2 is 1.70 bits per heavy atom. The fourth-order valence-electron chi connectivity index (χ4n) is 5.53. The summed E-state index contributed by atoms with van der Waals surface area (Å²) in [4.78, 5) is 29.1. The number of sulfonamides is 1. The number of amides is 1. The number of benzene rings is 1. The Balaban J connectivity index is 1.71. The number of aliphatic carboxylic acids is 1. The van der Waals surface area contributed by atoms with Crippen LogP contribution in [0.15, 0.2) is 23.1 Å². The largest absolute Gasteiger partial charge is 0.481 e. The lowest BCUT2D eigenvalue weighted by atomic mass is 9.80. The summed E-state index contributed by atoms with van der Waals surface area (Å²) in [5.41, 5.74) is 0.211. The van der Waals surface area contributed by atoms with E-state index in [4.69, 9.17) is 5.11 Å². The van der Waals surface area contributed by atoms with Crippen LogP contribution in [0, 0.1) is 11.8 Å². The van der Waals surface area contributed by atoms with Gasteiger partial charge in [0.25, 0.3) is 5.91 Å². The number of rotatable bonds is 8. The van der Waals surface area contributed by atoms with E-state index in [2.05, 4.69) is 20.1 Å². The number of nitrogens with one attached hydrogen (secondary N) is 2. The lowest BCUT2D eigenvalue weighted by molar-refractivity contribution is -0.145. The fourth-order valence-corrected chi connectivity index (χ4v) is 7.35. The molecule has 40 heavy (non-hydrogen) atoms. The molecule has 11 heteroatoms. The molecule has 0 bridgehead atoms. The fraction of sp³-hybridized carbons (Fsp3) is 0.655. The topological polar surface area (TPSA) is 143 Å². The van der Waals surface area contributed by atoms with Gasteiger partial charge in [-0.25, -0.2) is 22.8 Å². The second kappa shape index (κ2) is 11.2. The van der Waals surface area contributed by atoms with E-state index in [0.717, 1.165) is 25.7 Å². The van der Waals surface area contributed by atoms with Crippen LogP contribution in [-0.2, 0) is 26.8 Å². The first-order valence-corrected chi connectivity index (χ1v) is 15.7. The van der Waals surface area contributed by atoms with Crippen LogP contribution in [0.1, 0.15) is 103 Å². The molecule has 0 aliphatic heterocycles. The van der Waals surface area contributed by atoms with E-state index < -0.39 is 38.8 Å². The molecule has 0 radical (unpaired) electrons. The van der Waals surface area contributed by atoms with Crippen molar-refractivity contribution in [3.63, 3.8) is 0 Å². The zero-order chi connectivity index (χ0) is 29.5. The van der Waals surface area contributed by atoms with E-state index in [9.17, 15) is 18.0 Å². The molecule has 2 aliphatic carbocycles. The van der Waals surface area contributed by atoms with Crippen LogP contribution in [0.25, 0.3) is 11.4 Å². The van der Waals surface area contributed by atoms with Gasteiger partial charge in [0, 0.05) is 23.7 Å². The maximum absolute atomic E-state index is 13.4. The third kappa shape index (κ3) is 7.09. The van der Waals surface area contributed by atoms with Crippen molar-refractivity contribution in [3.05, 3.63) is 29.6 Å². The molecule has 10 nitrogen and oxygen atoms in total. The Hall–Kier alpha value is -2.79. The van der Waals surface area contributed by atoms with E-state index in [1.807, 2.05) is 26.8 Å². The SMILES string of the molecule is CC(C)(C)NS(=O)(=O)c1ccc(-c2nc(C(=O)N[C@H]3C[C@H](C(=O)O)C3)nn2CC2CCCCC2)cc1C(C)(C)C. The average molecular weight is 574 g/mol. The maximum atomic E-state index is 13.4. The van der Waals surface area contributed by atoms with Crippen molar-refractivity contribution in [1.29, 1.82) is 0 Å². The maximum Gasteiger partial charge on any atom is 0.306 e. The number of carboxylic acid groups (broad SMARTS) is 1. The summed E-state index contributed by atoms with van der Waals surface area (Å²) < 4.78 is 31.3. The minimum absolute atomic E-state index is 0.0352. The van der Waals surface area contributed by atoms with Crippen molar-refractivity contribution in [3.8, 4) is 11.4 Å². The van der Waals surface area contributed by atoms with Crippen LogP contribution >= 0.6 is 0 Å². The second-order valence-electron chi connectivity index (χ2n) is 13.4. The molecule has 2 saturated carbocycles. The van der Waals surface area contributed by atoms with Crippen LogP contribution < -0.4 is 10.0 Å². The lowest BCUT2D eigenvalue weighted by Gasteiger charge is -2.32. The number of carboxylic acids is 1. The first kappa shape index (κ1) is 30.2. The van der Waals surface area contributed by atoms with Crippen molar-refractivity contribution in [1.82, 2.24) is 24.8 Å². The van der Waals surface area contributed by atoms with Crippen LogP contribution in [0.3, 0.4) is 0 Å². The predicted octanol–water partition coefficient (Wildman–Crippen LogP) is 4.49. The normalized spacial score (nSPS) is 20.6. The number of hydrogen-bond donors (Lipinski definition) is 3. The molecule has 1 aromatic heterocycles. The average Bonchev–Trinajstić information content (AvgIpc) is 3.22. The molecule has 0 unspecified atom stereocenters. The van der Waals surface area contributed by atoms with Crippen molar-refractivity contribution in [2.24, 2.45) is 11.8 Å². The van der Waals surface area contributed by atoms with Gasteiger partial charge in [0.2, 0.25) is 15.8 Å². The molecular weight excluding hydrogens is 530 g/mol. The molecular formula is C29H43N5O5S. The molecule has 3 N–H and O–H groups in total. The van der Waals surface area contributed by atoms with E-state index in [1.54, 1.807) is 37.6 Å². The van der Waals surface area contributed by atoms with E-state index in [0.29, 0.717) is 42.3 Å². The Morgan fingerprint density at radius 1 is 1.05 bits per heavy atom. The number of carbonyl (C=O) groups excluding carboxylic acids is 1. The molecule has 1 heterocycles. The molecule has 2 fully saturated rings. The highest BCUT2D eigenvalue weighted by atomic mass is 32.2. The van der Waals surface area contributed by atoms with Crippen molar-refractivity contribution in [2.45, 2.75) is 115 Å². The van der Waals surface area contributed by atoms with Crippen LogP contribution in [0.2, 0.25) is 0 Å². The molecule has 2 aliphatic rings. The van der Waals surface area contributed by atoms with Crippen LogP contribution in [0.5, 0.6) is 0 Å². The van der Waals surface area contributed by atoms with E-state index in [1.165, 1.54) is 6.42 Å². The molecule has 220 valence electrons. The Labute approximate surface area is 237 Å². The third-order valence-electron chi connectivity index (χ3n) is 7.63. The van der Waals surface area contributed by atoms with Gasteiger partial charge in [-0.05, 0) is 81.5 Å². The second-order valence-corrected chi connectivity index (χ2v) is 15.1. The summed E-state index contributed by atoms with van der Waals surface area (Å²) in [6, 6.07) is 4.99. The van der Waals surface area contributed by atoms with Gasteiger partial charge in [-0.3, -0.25) is 9.59 Å². The minimum atomic E-state index is -3.79.